The van der Waals surface area contributed by atoms with Crippen molar-refractivity contribution in [1.29, 1.82) is 0 Å². The Balaban J connectivity index is 1.47. The third-order valence-corrected chi connectivity index (χ3v) is 5.21. The molecule has 0 bridgehead atoms. The van der Waals surface area contributed by atoms with Crippen molar-refractivity contribution in [2.75, 3.05) is 25.0 Å². The number of aryl methyl sites for hydroxylation is 2. The minimum Gasteiger partial charge on any atom is -0.355 e. The van der Waals surface area contributed by atoms with Gasteiger partial charge < -0.3 is 16.0 Å². The monoisotopic (exact) mass is 379 g/mol. The van der Waals surface area contributed by atoms with Crippen LogP contribution in [0.1, 0.15) is 23.1 Å². The highest BCUT2D eigenvalue weighted by atomic mass is 16.2. The number of rotatable bonds is 6. The van der Waals surface area contributed by atoms with Crippen molar-refractivity contribution in [2.24, 2.45) is 11.8 Å². The topological polar surface area (TPSA) is 70.2 Å². The number of nitrogens with one attached hydrogen (secondary N) is 3. The number of carbonyl (C=O) groups is 2. The van der Waals surface area contributed by atoms with Crippen LogP contribution in [-0.2, 0) is 16.0 Å². The number of amides is 2. The summed E-state index contributed by atoms with van der Waals surface area (Å²) in [4.78, 5) is 25.1. The largest absolute Gasteiger partial charge is 0.355 e. The van der Waals surface area contributed by atoms with Crippen molar-refractivity contribution < 1.29 is 9.59 Å². The van der Waals surface area contributed by atoms with Crippen LogP contribution in [0.3, 0.4) is 0 Å². The number of hydrogen-bond donors (Lipinski definition) is 3. The molecule has 2 atom stereocenters. The molecule has 3 N–H and O–H groups in total. The van der Waals surface area contributed by atoms with E-state index in [1.807, 2.05) is 37.3 Å². The molecule has 28 heavy (non-hydrogen) atoms. The molecule has 2 aromatic rings. The maximum absolute atomic E-state index is 12.6. The van der Waals surface area contributed by atoms with Crippen LogP contribution in [0.25, 0.3) is 0 Å². The highest BCUT2D eigenvalue weighted by Gasteiger charge is 2.30. The van der Waals surface area contributed by atoms with Gasteiger partial charge in [-0.2, -0.15) is 0 Å². The Bertz CT molecular complexity index is 817. The first-order valence-electron chi connectivity index (χ1n) is 9.93. The third-order valence-electron chi connectivity index (χ3n) is 5.21. The van der Waals surface area contributed by atoms with Crippen LogP contribution in [-0.4, -0.2) is 31.4 Å². The molecule has 2 aromatic carbocycles. The van der Waals surface area contributed by atoms with Crippen molar-refractivity contribution in [1.82, 2.24) is 10.6 Å². The van der Waals surface area contributed by atoms with E-state index in [4.69, 9.17) is 0 Å². The zero-order chi connectivity index (χ0) is 19.9. The van der Waals surface area contributed by atoms with Crippen LogP contribution in [0, 0.1) is 25.7 Å². The molecule has 0 saturated carbocycles. The smallest absolute Gasteiger partial charge is 0.228 e. The SMILES string of the molecule is Cc1ccc(NC(=O)[C@@H]2CNC[C@H](C(=O)NCCc3cccc(C)c3)C2)cc1. The number of piperidine rings is 1. The average molecular weight is 380 g/mol. The normalized spacial score (nSPS) is 19.1. The van der Waals surface area contributed by atoms with Gasteiger partial charge in [-0.15, -0.1) is 0 Å². The number of hydrogen-bond acceptors (Lipinski definition) is 3. The fourth-order valence-corrected chi connectivity index (χ4v) is 3.56. The Morgan fingerprint density at radius 1 is 0.964 bits per heavy atom. The molecule has 1 aliphatic rings. The minimum atomic E-state index is -0.206. The summed E-state index contributed by atoms with van der Waals surface area (Å²) >= 11 is 0. The maximum atomic E-state index is 12.6. The lowest BCUT2D eigenvalue weighted by atomic mass is 9.89. The zero-order valence-electron chi connectivity index (χ0n) is 16.6. The molecule has 148 valence electrons. The molecule has 0 aliphatic carbocycles. The lowest BCUT2D eigenvalue weighted by molar-refractivity contribution is -0.127. The maximum Gasteiger partial charge on any atom is 0.228 e. The average Bonchev–Trinajstić information content (AvgIpc) is 2.70. The van der Waals surface area contributed by atoms with Crippen LogP contribution >= 0.6 is 0 Å². The molecule has 5 nitrogen and oxygen atoms in total. The van der Waals surface area contributed by atoms with Crippen LogP contribution in [0.2, 0.25) is 0 Å². The summed E-state index contributed by atoms with van der Waals surface area (Å²) in [5, 5.41) is 9.22. The van der Waals surface area contributed by atoms with Gasteiger partial charge in [-0.3, -0.25) is 9.59 Å². The van der Waals surface area contributed by atoms with Gasteiger partial charge in [-0.05, 0) is 44.4 Å². The second kappa shape index (κ2) is 9.51. The van der Waals surface area contributed by atoms with Gasteiger partial charge in [-0.25, -0.2) is 0 Å². The molecule has 0 spiro atoms. The number of benzene rings is 2. The third kappa shape index (κ3) is 5.67. The van der Waals surface area contributed by atoms with E-state index in [0.717, 1.165) is 17.7 Å². The number of anilines is 1. The van der Waals surface area contributed by atoms with Crippen molar-refractivity contribution in [3.05, 3.63) is 65.2 Å². The molecule has 2 amide bonds. The van der Waals surface area contributed by atoms with Gasteiger partial charge in [-0.1, -0.05) is 47.5 Å². The molecule has 0 unspecified atom stereocenters. The van der Waals surface area contributed by atoms with Crippen LogP contribution in [0.4, 0.5) is 5.69 Å². The van der Waals surface area contributed by atoms with Gasteiger partial charge in [0.2, 0.25) is 11.8 Å². The van der Waals surface area contributed by atoms with Gasteiger partial charge in [0.1, 0.15) is 0 Å². The number of carbonyl (C=O) groups excluding carboxylic acids is 2. The van der Waals surface area contributed by atoms with Gasteiger partial charge in [0, 0.05) is 25.3 Å². The first kappa shape index (κ1) is 20.1. The quantitative estimate of drug-likeness (QED) is 0.723. The van der Waals surface area contributed by atoms with Crippen LogP contribution in [0.5, 0.6) is 0 Å². The first-order chi connectivity index (χ1) is 13.5. The van der Waals surface area contributed by atoms with Crippen LogP contribution < -0.4 is 16.0 Å². The minimum absolute atomic E-state index is 0.0213. The van der Waals surface area contributed by atoms with E-state index in [1.54, 1.807) is 0 Å². The molecular formula is C23H29N3O2. The fourth-order valence-electron chi connectivity index (χ4n) is 3.56. The lowest BCUT2D eigenvalue weighted by Crippen LogP contribution is -2.47. The second-order valence-electron chi connectivity index (χ2n) is 7.67. The van der Waals surface area contributed by atoms with Crippen molar-refractivity contribution >= 4 is 17.5 Å². The van der Waals surface area contributed by atoms with E-state index in [0.29, 0.717) is 26.1 Å². The van der Waals surface area contributed by atoms with E-state index >= 15 is 0 Å². The summed E-state index contributed by atoms with van der Waals surface area (Å²) in [6.07, 6.45) is 1.38. The molecule has 1 saturated heterocycles. The Kier molecular flexibility index (Phi) is 6.82. The van der Waals surface area contributed by atoms with Crippen molar-refractivity contribution in [2.45, 2.75) is 26.7 Å². The predicted molar refractivity (Wildman–Crippen MR) is 112 cm³/mol. The summed E-state index contributed by atoms with van der Waals surface area (Å²) in [5.74, 6) is -0.399. The van der Waals surface area contributed by atoms with E-state index in [1.165, 1.54) is 11.1 Å². The first-order valence-corrected chi connectivity index (χ1v) is 9.93. The van der Waals surface area contributed by atoms with Crippen molar-refractivity contribution in [3.63, 3.8) is 0 Å². The zero-order valence-corrected chi connectivity index (χ0v) is 16.6. The summed E-state index contributed by atoms with van der Waals surface area (Å²) < 4.78 is 0. The van der Waals surface area contributed by atoms with Gasteiger partial charge >= 0.3 is 0 Å². The van der Waals surface area contributed by atoms with Crippen LogP contribution in [0.15, 0.2) is 48.5 Å². The Morgan fingerprint density at radius 3 is 2.39 bits per heavy atom. The molecule has 1 aliphatic heterocycles. The van der Waals surface area contributed by atoms with E-state index in [9.17, 15) is 9.59 Å². The summed E-state index contributed by atoms with van der Waals surface area (Å²) in [6, 6.07) is 16.1. The van der Waals surface area contributed by atoms with Crippen molar-refractivity contribution in [3.8, 4) is 0 Å². The fraction of sp³-hybridized carbons (Fsp3) is 0.391. The van der Waals surface area contributed by atoms with Gasteiger partial charge in [0.15, 0.2) is 0 Å². The molecule has 5 heteroatoms. The van der Waals surface area contributed by atoms with Gasteiger partial charge in [0.25, 0.3) is 0 Å². The molecule has 0 aromatic heterocycles. The Labute approximate surface area is 166 Å². The molecular weight excluding hydrogens is 350 g/mol. The Morgan fingerprint density at radius 2 is 1.68 bits per heavy atom. The lowest BCUT2D eigenvalue weighted by Gasteiger charge is -2.28. The molecule has 1 fully saturated rings. The standard InChI is InChI=1S/C23H29N3O2/c1-16-6-8-21(9-7-16)26-23(28)20-13-19(14-24-15-20)22(27)25-11-10-18-5-3-4-17(2)12-18/h3-9,12,19-20,24H,10-11,13-15H2,1-2H3,(H,25,27)(H,26,28)/t19-,20+/m1/s1. The van der Waals surface area contributed by atoms with Gasteiger partial charge in [0.05, 0.1) is 11.8 Å². The van der Waals surface area contributed by atoms with E-state index in [2.05, 4.69) is 41.1 Å². The molecule has 3 rings (SSSR count). The van der Waals surface area contributed by atoms with E-state index < -0.39 is 0 Å². The molecule has 1 heterocycles. The summed E-state index contributed by atoms with van der Waals surface area (Å²) in [7, 11) is 0. The highest BCUT2D eigenvalue weighted by Crippen LogP contribution is 2.19. The Hall–Kier alpha value is -2.66. The molecule has 0 radical (unpaired) electrons. The summed E-state index contributed by atoms with van der Waals surface area (Å²) in [6.45, 7) is 5.91. The second-order valence-corrected chi connectivity index (χ2v) is 7.67. The highest BCUT2D eigenvalue weighted by molar-refractivity contribution is 5.93. The van der Waals surface area contributed by atoms with E-state index in [-0.39, 0.29) is 23.7 Å². The predicted octanol–water partition coefficient (Wildman–Crippen LogP) is 2.83. The summed E-state index contributed by atoms with van der Waals surface area (Å²) in [5.41, 5.74) is 4.39.